The van der Waals surface area contributed by atoms with Crippen molar-refractivity contribution in [2.24, 2.45) is 0 Å². The molecule has 0 aliphatic carbocycles. The molecule has 0 saturated heterocycles. The molecule has 0 aliphatic rings. The number of hydrogen-bond acceptors (Lipinski definition) is 5. The number of carbonyl (C=O) groups excluding carboxylic acids is 1. The number of rotatable bonds is 4. The number of benzene rings is 2. The third-order valence-electron chi connectivity index (χ3n) is 4.45. The second-order valence-electron chi connectivity index (χ2n) is 6.67. The second kappa shape index (κ2) is 6.41. The predicted molar refractivity (Wildman–Crippen MR) is 116 cm³/mol. The highest BCUT2D eigenvalue weighted by Crippen LogP contribution is 2.43. The minimum Gasteiger partial charge on any atom is -0.376 e. The highest BCUT2D eigenvalue weighted by Gasteiger charge is 2.26. The minimum absolute atomic E-state index is 0.111. The van der Waals surface area contributed by atoms with Crippen molar-refractivity contribution in [1.82, 2.24) is 0 Å². The Balaban J connectivity index is 1.97. The Labute approximate surface area is 161 Å². The van der Waals surface area contributed by atoms with Gasteiger partial charge in [-0.15, -0.1) is 22.7 Å². The average molecular weight is 381 g/mol. The molecule has 0 fully saturated rings. The molecule has 0 aliphatic heterocycles. The first-order chi connectivity index (χ1) is 12.5. The maximum absolute atomic E-state index is 13.6. The molecule has 4 aromatic rings. The Morgan fingerprint density at radius 2 is 1.08 bits per heavy atom. The van der Waals surface area contributed by atoms with Gasteiger partial charge in [-0.2, -0.15) is 0 Å². The Kier molecular flexibility index (Phi) is 4.21. The lowest BCUT2D eigenvalue weighted by atomic mass is 10.1. The van der Waals surface area contributed by atoms with Gasteiger partial charge in [-0.25, -0.2) is 0 Å². The van der Waals surface area contributed by atoms with Crippen molar-refractivity contribution in [2.45, 2.75) is 0 Å². The second-order valence-corrected chi connectivity index (χ2v) is 8.77. The summed E-state index contributed by atoms with van der Waals surface area (Å²) < 4.78 is 2.29. The maximum atomic E-state index is 13.6. The number of anilines is 2. The van der Waals surface area contributed by atoms with Gasteiger partial charge in [0.1, 0.15) is 9.75 Å². The van der Waals surface area contributed by atoms with E-state index in [4.69, 9.17) is 0 Å². The lowest BCUT2D eigenvalue weighted by Crippen LogP contribution is -2.15. The number of nitrogens with zero attached hydrogens (tertiary/aromatic N) is 2. The number of fused-ring (bicyclic) bond motifs is 2. The van der Waals surface area contributed by atoms with Gasteiger partial charge in [0.2, 0.25) is 5.78 Å². The highest BCUT2D eigenvalue weighted by molar-refractivity contribution is 7.25. The summed E-state index contributed by atoms with van der Waals surface area (Å²) in [5.41, 5.74) is 2.02. The monoisotopic (exact) mass is 380 g/mol. The van der Waals surface area contributed by atoms with E-state index in [1.807, 2.05) is 52.5 Å². The first kappa shape index (κ1) is 17.1. The van der Waals surface area contributed by atoms with Crippen LogP contribution in [0.2, 0.25) is 0 Å². The van der Waals surface area contributed by atoms with Gasteiger partial charge in [0.25, 0.3) is 0 Å². The topological polar surface area (TPSA) is 23.6 Å². The molecule has 2 heterocycles. The lowest BCUT2D eigenvalue weighted by molar-refractivity contribution is 0.104. The SMILES string of the molecule is CN(C)c1c(C(=O)c2sc3ccccc3c2N(C)C)sc2ccccc12. The molecule has 0 unspecified atom stereocenters. The van der Waals surface area contributed by atoms with Crippen molar-refractivity contribution in [2.75, 3.05) is 38.0 Å². The fourth-order valence-electron chi connectivity index (χ4n) is 3.36. The van der Waals surface area contributed by atoms with Gasteiger partial charge in [0, 0.05) is 48.4 Å². The lowest BCUT2D eigenvalue weighted by Gasteiger charge is -2.16. The molecule has 4 rings (SSSR count). The van der Waals surface area contributed by atoms with Crippen molar-refractivity contribution in [3.63, 3.8) is 0 Å². The van der Waals surface area contributed by atoms with Crippen LogP contribution in [0.15, 0.2) is 48.5 Å². The van der Waals surface area contributed by atoms with Crippen molar-refractivity contribution >= 4 is 60.0 Å². The first-order valence-electron chi connectivity index (χ1n) is 8.41. The quantitative estimate of drug-likeness (QED) is 0.438. The van der Waals surface area contributed by atoms with Crippen LogP contribution >= 0.6 is 22.7 Å². The Hall–Kier alpha value is -2.37. The van der Waals surface area contributed by atoms with Gasteiger partial charge < -0.3 is 9.80 Å². The van der Waals surface area contributed by atoms with Crippen LogP contribution in [0.1, 0.15) is 14.5 Å². The van der Waals surface area contributed by atoms with E-state index in [9.17, 15) is 4.79 Å². The van der Waals surface area contributed by atoms with E-state index in [1.165, 1.54) is 0 Å². The Bertz CT molecular complexity index is 1030. The zero-order valence-electron chi connectivity index (χ0n) is 15.2. The van der Waals surface area contributed by atoms with Crippen molar-refractivity contribution < 1.29 is 4.79 Å². The van der Waals surface area contributed by atoms with E-state index in [0.29, 0.717) is 0 Å². The predicted octanol–water partition coefficient (Wildman–Crippen LogP) is 5.48. The average Bonchev–Trinajstić information content (AvgIpc) is 3.19. The zero-order chi connectivity index (χ0) is 18.4. The summed E-state index contributed by atoms with van der Waals surface area (Å²) in [6, 6.07) is 16.5. The molecule has 5 heteroatoms. The molecule has 0 saturated carbocycles. The molecule has 132 valence electrons. The van der Waals surface area contributed by atoms with E-state index in [2.05, 4.69) is 34.1 Å². The molecule has 0 amide bonds. The number of carbonyl (C=O) groups is 1. The smallest absolute Gasteiger partial charge is 0.217 e. The van der Waals surface area contributed by atoms with Gasteiger partial charge in [-0.3, -0.25) is 4.79 Å². The van der Waals surface area contributed by atoms with Crippen LogP contribution in [0, 0.1) is 0 Å². The van der Waals surface area contributed by atoms with Gasteiger partial charge >= 0.3 is 0 Å². The van der Waals surface area contributed by atoms with Gasteiger partial charge in [-0.05, 0) is 12.1 Å². The molecule has 3 nitrogen and oxygen atoms in total. The maximum Gasteiger partial charge on any atom is 0.217 e. The molecule has 0 atom stereocenters. The molecule has 2 aromatic carbocycles. The summed E-state index contributed by atoms with van der Waals surface area (Å²) in [5, 5.41) is 2.27. The van der Waals surface area contributed by atoms with Crippen LogP contribution < -0.4 is 9.80 Å². The van der Waals surface area contributed by atoms with Gasteiger partial charge in [0.05, 0.1) is 11.4 Å². The zero-order valence-corrected chi connectivity index (χ0v) is 16.9. The van der Waals surface area contributed by atoms with Gasteiger partial charge in [0.15, 0.2) is 0 Å². The number of ketones is 1. The summed E-state index contributed by atoms with van der Waals surface area (Å²) in [6.07, 6.45) is 0. The largest absolute Gasteiger partial charge is 0.376 e. The fourth-order valence-corrected chi connectivity index (χ4v) is 5.88. The fraction of sp³-hybridized carbons (Fsp3) is 0.190. The van der Waals surface area contributed by atoms with E-state index in [-0.39, 0.29) is 5.78 Å². The molecule has 0 bridgehead atoms. The van der Waals surface area contributed by atoms with Gasteiger partial charge in [-0.1, -0.05) is 36.4 Å². The summed E-state index contributed by atoms with van der Waals surface area (Å²) in [4.78, 5) is 19.3. The molecule has 0 N–H and O–H groups in total. The number of thiophene rings is 2. The van der Waals surface area contributed by atoms with E-state index >= 15 is 0 Å². The summed E-state index contributed by atoms with van der Waals surface area (Å²) in [6.45, 7) is 0. The van der Waals surface area contributed by atoms with Crippen LogP contribution in [-0.2, 0) is 0 Å². The highest BCUT2D eigenvalue weighted by atomic mass is 32.1. The third-order valence-corrected chi connectivity index (χ3v) is 6.76. The first-order valence-corrected chi connectivity index (χ1v) is 10.0. The van der Waals surface area contributed by atoms with Crippen LogP contribution in [0.4, 0.5) is 11.4 Å². The summed E-state index contributed by atoms with van der Waals surface area (Å²) in [7, 11) is 8.01. The normalized spacial score (nSPS) is 11.2. The van der Waals surface area contributed by atoms with E-state index in [1.54, 1.807) is 22.7 Å². The van der Waals surface area contributed by atoms with Crippen LogP contribution in [-0.4, -0.2) is 34.0 Å². The number of hydrogen-bond donors (Lipinski definition) is 0. The molecule has 26 heavy (non-hydrogen) atoms. The van der Waals surface area contributed by atoms with E-state index < -0.39 is 0 Å². The minimum atomic E-state index is 0.111. The van der Waals surface area contributed by atoms with Crippen molar-refractivity contribution in [1.29, 1.82) is 0 Å². The molecule has 0 radical (unpaired) electrons. The van der Waals surface area contributed by atoms with Crippen molar-refractivity contribution in [3.8, 4) is 0 Å². The summed E-state index contributed by atoms with van der Waals surface area (Å²) in [5.74, 6) is 0.111. The Morgan fingerprint density at radius 3 is 1.46 bits per heavy atom. The molecular formula is C21H20N2OS2. The molecule has 0 spiro atoms. The molecular weight excluding hydrogens is 360 g/mol. The third kappa shape index (κ3) is 2.59. The standard InChI is InChI=1S/C21H20N2OS2/c1-22(2)17-13-9-5-7-11-15(13)25-20(17)19(24)21-18(23(3)4)14-10-6-8-12-16(14)26-21/h5-12H,1-4H3. The van der Waals surface area contributed by atoms with E-state index in [0.717, 1.165) is 41.3 Å². The van der Waals surface area contributed by atoms with Crippen LogP contribution in [0.5, 0.6) is 0 Å². The van der Waals surface area contributed by atoms with Crippen LogP contribution in [0.25, 0.3) is 20.2 Å². The molecule has 2 aromatic heterocycles. The van der Waals surface area contributed by atoms with Crippen LogP contribution in [0.3, 0.4) is 0 Å². The summed E-state index contributed by atoms with van der Waals surface area (Å²) >= 11 is 3.16. The Morgan fingerprint density at radius 1 is 0.692 bits per heavy atom. The van der Waals surface area contributed by atoms with Crippen molar-refractivity contribution in [3.05, 3.63) is 58.3 Å².